The molecule has 0 aromatic rings. The highest BCUT2D eigenvalue weighted by Crippen LogP contribution is 2.18. The molecular weight excluding hydrogens is 216 g/mol. The van der Waals surface area contributed by atoms with Crippen molar-refractivity contribution in [2.75, 3.05) is 12.4 Å². The van der Waals surface area contributed by atoms with Crippen LogP contribution in [0.4, 0.5) is 0 Å². The molecule has 0 aromatic carbocycles. The predicted octanol–water partition coefficient (Wildman–Crippen LogP) is 1.93. The maximum absolute atomic E-state index is 11.4. The fourth-order valence-electron chi connectivity index (χ4n) is 1.06. The second kappa shape index (κ2) is 8.59. The molecule has 0 radical (unpaired) electrons. The van der Waals surface area contributed by atoms with Crippen molar-refractivity contribution in [3.8, 4) is 0 Å². The second-order valence-electron chi connectivity index (χ2n) is 3.04. The van der Waals surface area contributed by atoms with Gasteiger partial charge in [0.25, 0.3) is 0 Å². The highest BCUT2D eigenvalue weighted by Gasteiger charge is 2.19. The number of aliphatic carboxylic acids is 1. The molecule has 5 heteroatoms. The Labute approximate surface area is 94.4 Å². The smallest absolute Gasteiger partial charge is 0.319 e. The van der Waals surface area contributed by atoms with Gasteiger partial charge in [-0.2, -0.15) is 0 Å². The molecular formula is C10H18O4S. The summed E-state index contributed by atoms with van der Waals surface area (Å²) in [7, 11) is 0. The van der Waals surface area contributed by atoms with Gasteiger partial charge in [0, 0.05) is 5.75 Å². The zero-order chi connectivity index (χ0) is 11.7. The molecule has 0 fully saturated rings. The maximum atomic E-state index is 11.4. The Morgan fingerprint density at radius 1 is 1.40 bits per heavy atom. The highest BCUT2D eigenvalue weighted by molar-refractivity contribution is 8.00. The Bertz CT molecular complexity index is 206. The van der Waals surface area contributed by atoms with Crippen molar-refractivity contribution >= 4 is 23.7 Å². The molecule has 1 N–H and O–H groups in total. The molecule has 88 valence electrons. The van der Waals surface area contributed by atoms with Crippen molar-refractivity contribution in [1.82, 2.24) is 0 Å². The first-order valence-electron chi connectivity index (χ1n) is 5.11. The SMILES string of the molecule is CCCC(SCCC(=O)O)C(=O)OCC. The van der Waals surface area contributed by atoms with Crippen LogP contribution in [-0.4, -0.2) is 34.7 Å². The van der Waals surface area contributed by atoms with Crippen LogP contribution < -0.4 is 0 Å². The largest absolute Gasteiger partial charge is 0.481 e. The third-order valence-electron chi connectivity index (χ3n) is 1.74. The summed E-state index contributed by atoms with van der Waals surface area (Å²) in [6.45, 7) is 4.13. The Morgan fingerprint density at radius 3 is 2.53 bits per heavy atom. The van der Waals surface area contributed by atoms with Crippen LogP contribution in [-0.2, 0) is 14.3 Å². The van der Waals surface area contributed by atoms with Crippen molar-refractivity contribution < 1.29 is 19.4 Å². The summed E-state index contributed by atoms with van der Waals surface area (Å²) in [6.07, 6.45) is 1.72. The lowest BCUT2D eigenvalue weighted by Gasteiger charge is -2.13. The normalized spacial score (nSPS) is 12.1. The van der Waals surface area contributed by atoms with E-state index in [2.05, 4.69) is 0 Å². The molecule has 0 spiro atoms. The number of ether oxygens (including phenoxy) is 1. The third kappa shape index (κ3) is 7.25. The van der Waals surface area contributed by atoms with Gasteiger partial charge in [-0.15, -0.1) is 11.8 Å². The van der Waals surface area contributed by atoms with Crippen molar-refractivity contribution in [2.24, 2.45) is 0 Å². The van der Waals surface area contributed by atoms with Gasteiger partial charge in [0.05, 0.1) is 13.0 Å². The number of hydrogen-bond donors (Lipinski definition) is 1. The molecule has 15 heavy (non-hydrogen) atoms. The molecule has 0 rings (SSSR count). The van der Waals surface area contributed by atoms with Crippen molar-refractivity contribution in [2.45, 2.75) is 38.4 Å². The average molecular weight is 234 g/mol. The second-order valence-corrected chi connectivity index (χ2v) is 4.35. The number of esters is 1. The lowest BCUT2D eigenvalue weighted by Crippen LogP contribution is -2.21. The van der Waals surface area contributed by atoms with Crippen LogP contribution in [0.25, 0.3) is 0 Å². The molecule has 0 saturated carbocycles. The van der Waals surface area contributed by atoms with Crippen LogP contribution in [0.3, 0.4) is 0 Å². The van der Waals surface area contributed by atoms with Gasteiger partial charge in [0.15, 0.2) is 0 Å². The van der Waals surface area contributed by atoms with Crippen LogP contribution >= 0.6 is 11.8 Å². The number of rotatable bonds is 8. The van der Waals surface area contributed by atoms with E-state index in [1.807, 2.05) is 6.92 Å². The van der Waals surface area contributed by atoms with E-state index in [9.17, 15) is 9.59 Å². The number of carbonyl (C=O) groups excluding carboxylic acids is 1. The predicted molar refractivity (Wildman–Crippen MR) is 60.0 cm³/mol. The van der Waals surface area contributed by atoms with Gasteiger partial charge in [-0.3, -0.25) is 9.59 Å². The summed E-state index contributed by atoms with van der Waals surface area (Å²) in [4.78, 5) is 21.7. The Hall–Kier alpha value is -0.710. The molecule has 0 aliphatic heterocycles. The standard InChI is InChI=1S/C10H18O4S/c1-3-5-8(10(13)14-4-2)15-7-6-9(11)12/h8H,3-7H2,1-2H3,(H,11,12). The first-order valence-corrected chi connectivity index (χ1v) is 6.16. The zero-order valence-corrected chi connectivity index (χ0v) is 10.0. The van der Waals surface area contributed by atoms with Gasteiger partial charge in [-0.05, 0) is 13.3 Å². The van der Waals surface area contributed by atoms with Gasteiger partial charge in [0.2, 0.25) is 0 Å². The molecule has 0 aromatic heterocycles. The molecule has 0 heterocycles. The van der Waals surface area contributed by atoms with E-state index in [1.165, 1.54) is 11.8 Å². The van der Waals surface area contributed by atoms with E-state index >= 15 is 0 Å². The zero-order valence-electron chi connectivity index (χ0n) is 9.19. The molecule has 4 nitrogen and oxygen atoms in total. The van der Waals surface area contributed by atoms with Crippen molar-refractivity contribution in [1.29, 1.82) is 0 Å². The summed E-state index contributed by atoms with van der Waals surface area (Å²) in [6, 6.07) is 0. The van der Waals surface area contributed by atoms with E-state index < -0.39 is 5.97 Å². The van der Waals surface area contributed by atoms with Crippen LogP contribution in [0.5, 0.6) is 0 Å². The highest BCUT2D eigenvalue weighted by atomic mass is 32.2. The lowest BCUT2D eigenvalue weighted by atomic mass is 10.2. The molecule has 0 aliphatic carbocycles. The Morgan fingerprint density at radius 2 is 2.07 bits per heavy atom. The minimum atomic E-state index is -0.832. The first kappa shape index (κ1) is 14.3. The summed E-state index contributed by atoms with van der Waals surface area (Å²) in [5.74, 6) is -0.602. The van der Waals surface area contributed by atoms with Crippen molar-refractivity contribution in [3.63, 3.8) is 0 Å². The topological polar surface area (TPSA) is 63.6 Å². The summed E-state index contributed by atoms with van der Waals surface area (Å²) in [5, 5.41) is 8.26. The number of thioether (sulfide) groups is 1. The average Bonchev–Trinajstić information content (AvgIpc) is 2.16. The molecule has 0 bridgehead atoms. The molecule has 0 saturated heterocycles. The van der Waals surface area contributed by atoms with Gasteiger partial charge >= 0.3 is 11.9 Å². The van der Waals surface area contributed by atoms with Gasteiger partial charge in [-0.25, -0.2) is 0 Å². The summed E-state index contributed by atoms with van der Waals surface area (Å²) < 4.78 is 4.91. The maximum Gasteiger partial charge on any atom is 0.319 e. The molecule has 0 amide bonds. The summed E-state index contributed by atoms with van der Waals surface area (Å²) in [5.41, 5.74) is 0. The molecule has 1 unspecified atom stereocenters. The van der Waals surface area contributed by atoms with Crippen LogP contribution in [0.1, 0.15) is 33.1 Å². The van der Waals surface area contributed by atoms with Crippen LogP contribution in [0.15, 0.2) is 0 Å². The quantitative estimate of drug-likeness (QED) is 0.650. The van der Waals surface area contributed by atoms with E-state index in [0.717, 1.165) is 12.8 Å². The minimum Gasteiger partial charge on any atom is -0.481 e. The summed E-state index contributed by atoms with van der Waals surface area (Å²) >= 11 is 1.37. The number of carboxylic acid groups (broad SMARTS) is 1. The Balaban J connectivity index is 3.91. The fraction of sp³-hybridized carbons (Fsp3) is 0.800. The first-order chi connectivity index (χ1) is 7.11. The van der Waals surface area contributed by atoms with Crippen LogP contribution in [0, 0.1) is 0 Å². The molecule has 0 aliphatic rings. The number of carboxylic acids is 1. The minimum absolute atomic E-state index is 0.0876. The van der Waals surface area contributed by atoms with Gasteiger partial charge in [0.1, 0.15) is 5.25 Å². The van der Waals surface area contributed by atoms with Crippen molar-refractivity contribution in [3.05, 3.63) is 0 Å². The van der Waals surface area contributed by atoms with Gasteiger partial charge < -0.3 is 9.84 Å². The number of carbonyl (C=O) groups is 2. The Kier molecular flexibility index (Phi) is 8.18. The van der Waals surface area contributed by atoms with Gasteiger partial charge in [-0.1, -0.05) is 13.3 Å². The lowest BCUT2D eigenvalue weighted by molar-refractivity contribution is -0.142. The monoisotopic (exact) mass is 234 g/mol. The fourth-order valence-corrected chi connectivity index (χ4v) is 2.24. The van der Waals surface area contributed by atoms with E-state index in [-0.39, 0.29) is 17.6 Å². The van der Waals surface area contributed by atoms with Crippen LogP contribution in [0.2, 0.25) is 0 Å². The number of hydrogen-bond acceptors (Lipinski definition) is 4. The van der Waals surface area contributed by atoms with E-state index in [4.69, 9.17) is 9.84 Å². The van der Waals surface area contributed by atoms with E-state index in [0.29, 0.717) is 12.4 Å². The molecule has 1 atom stereocenters. The van der Waals surface area contributed by atoms with E-state index in [1.54, 1.807) is 6.92 Å². The third-order valence-corrected chi connectivity index (χ3v) is 3.01.